The van der Waals surface area contributed by atoms with Gasteiger partial charge in [0.25, 0.3) is 0 Å². The normalized spacial score (nSPS) is 15.9. The zero-order valence-electron chi connectivity index (χ0n) is 15.1. The second kappa shape index (κ2) is 9.60. The molecule has 1 aliphatic heterocycles. The smallest absolute Gasteiger partial charge is 0.226 e. The molecule has 0 aliphatic carbocycles. The molecule has 1 N–H and O–H groups in total. The molecule has 0 atom stereocenters. The molecule has 0 radical (unpaired) electrons. The molecule has 1 aromatic carbocycles. The molecule has 1 aliphatic rings. The van der Waals surface area contributed by atoms with E-state index in [1.807, 2.05) is 29.6 Å². The number of carbonyl (C=O) groups is 1. The zero-order valence-corrected chi connectivity index (χ0v) is 17.5. The summed E-state index contributed by atoms with van der Waals surface area (Å²) in [6, 6.07) is 8.06. The van der Waals surface area contributed by atoms with Crippen molar-refractivity contribution in [3.05, 3.63) is 39.8 Å². The lowest BCUT2D eigenvalue weighted by Gasteiger charge is -2.32. The van der Waals surface area contributed by atoms with Crippen molar-refractivity contribution < 1.29 is 4.79 Å². The van der Waals surface area contributed by atoms with E-state index in [1.165, 1.54) is 0 Å². The third kappa shape index (κ3) is 5.87. The van der Waals surface area contributed by atoms with Crippen molar-refractivity contribution in [1.29, 1.82) is 0 Å². The maximum atomic E-state index is 12.1. The minimum absolute atomic E-state index is 0.0504. The van der Waals surface area contributed by atoms with Gasteiger partial charge in [-0.2, -0.15) is 0 Å². The van der Waals surface area contributed by atoms with Gasteiger partial charge in [-0.15, -0.1) is 11.3 Å². The van der Waals surface area contributed by atoms with Gasteiger partial charge in [0.1, 0.15) is 5.01 Å². The largest absolute Gasteiger partial charge is 0.356 e. The summed E-state index contributed by atoms with van der Waals surface area (Å²) in [6.07, 6.45) is 1.34. The van der Waals surface area contributed by atoms with Gasteiger partial charge in [-0.3, -0.25) is 4.79 Å². The van der Waals surface area contributed by atoms with Gasteiger partial charge in [0, 0.05) is 48.1 Å². The van der Waals surface area contributed by atoms with Crippen molar-refractivity contribution in [3.63, 3.8) is 0 Å². The molecule has 1 saturated heterocycles. The van der Waals surface area contributed by atoms with Gasteiger partial charge in [0.15, 0.2) is 0 Å². The maximum Gasteiger partial charge on any atom is 0.226 e. The Kier molecular flexibility index (Phi) is 7.19. The lowest BCUT2D eigenvalue weighted by atomic mass is 10.2. The molecule has 0 unspecified atom stereocenters. The Morgan fingerprint density at radius 3 is 2.88 bits per heavy atom. The summed E-state index contributed by atoms with van der Waals surface area (Å²) < 4.78 is 1.03. The van der Waals surface area contributed by atoms with Crippen LogP contribution in [0.5, 0.6) is 0 Å². The Labute approximate surface area is 167 Å². The lowest BCUT2D eigenvalue weighted by Crippen LogP contribution is -2.45. The number of hydrogen-bond acceptors (Lipinski definition) is 5. The minimum Gasteiger partial charge on any atom is -0.356 e. The van der Waals surface area contributed by atoms with Crippen molar-refractivity contribution in [2.45, 2.75) is 12.8 Å². The summed E-state index contributed by atoms with van der Waals surface area (Å²) in [5.74, 6) is 0.0504. The molecule has 2 heterocycles. The number of benzene rings is 1. The van der Waals surface area contributed by atoms with E-state index < -0.39 is 0 Å². The maximum absolute atomic E-state index is 12.1. The number of rotatable bonds is 7. The molecule has 1 fully saturated rings. The number of nitrogens with one attached hydrogen (secondary N) is 1. The van der Waals surface area contributed by atoms with Crippen molar-refractivity contribution in [3.8, 4) is 10.6 Å². The van der Waals surface area contributed by atoms with Gasteiger partial charge in [-0.1, -0.05) is 28.1 Å². The van der Waals surface area contributed by atoms with Gasteiger partial charge in [0.2, 0.25) is 5.91 Å². The summed E-state index contributed by atoms with van der Waals surface area (Å²) in [4.78, 5) is 21.6. The lowest BCUT2D eigenvalue weighted by molar-refractivity contribution is -0.120. The minimum atomic E-state index is 0.0504. The zero-order chi connectivity index (χ0) is 18.4. The van der Waals surface area contributed by atoms with Crippen LogP contribution in [0.1, 0.15) is 12.1 Å². The van der Waals surface area contributed by atoms with Crippen LogP contribution in [0, 0.1) is 0 Å². The Hall–Kier alpha value is -1.28. The number of hydrogen-bond donors (Lipinski definition) is 1. The third-order valence-electron chi connectivity index (χ3n) is 4.53. The fourth-order valence-corrected chi connectivity index (χ4v) is 4.19. The quantitative estimate of drug-likeness (QED) is 0.677. The van der Waals surface area contributed by atoms with Gasteiger partial charge < -0.3 is 15.1 Å². The predicted molar refractivity (Wildman–Crippen MR) is 111 cm³/mol. The van der Waals surface area contributed by atoms with E-state index >= 15 is 0 Å². The van der Waals surface area contributed by atoms with Gasteiger partial charge >= 0.3 is 0 Å². The summed E-state index contributed by atoms with van der Waals surface area (Å²) >= 11 is 5.06. The van der Waals surface area contributed by atoms with E-state index in [4.69, 9.17) is 0 Å². The first-order valence-electron chi connectivity index (χ1n) is 8.98. The van der Waals surface area contributed by atoms with E-state index in [1.54, 1.807) is 11.3 Å². The van der Waals surface area contributed by atoms with E-state index in [9.17, 15) is 4.79 Å². The molecule has 0 spiro atoms. The number of aromatic nitrogens is 1. The monoisotopic (exact) mass is 436 g/mol. The fraction of sp³-hybridized carbons (Fsp3) is 0.474. The number of piperazine rings is 1. The van der Waals surface area contributed by atoms with Crippen molar-refractivity contribution >= 4 is 33.2 Å². The molecule has 0 saturated carbocycles. The van der Waals surface area contributed by atoms with Crippen LogP contribution >= 0.6 is 27.3 Å². The van der Waals surface area contributed by atoms with E-state index in [-0.39, 0.29) is 5.91 Å². The molecule has 1 amide bonds. The number of amides is 1. The Bertz CT molecular complexity index is 728. The second-order valence-corrected chi connectivity index (χ2v) is 8.45. The van der Waals surface area contributed by atoms with E-state index in [0.29, 0.717) is 6.42 Å². The van der Waals surface area contributed by atoms with Crippen molar-refractivity contribution in [2.24, 2.45) is 0 Å². The summed E-state index contributed by atoms with van der Waals surface area (Å²) in [5.41, 5.74) is 1.91. The Balaban J connectivity index is 1.38. The van der Waals surface area contributed by atoms with Gasteiger partial charge in [-0.25, -0.2) is 4.98 Å². The molecule has 5 nitrogen and oxygen atoms in total. The molecule has 1 aromatic heterocycles. The highest BCUT2D eigenvalue weighted by Crippen LogP contribution is 2.26. The van der Waals surface area contributed by atoms with E-state index in [0.717, 1.165) is 66.4 Å². The fourth-order valence-electron chi connectivity index (χ4n) is 2.97. The summed E-state index contributed by atoms with van der Waals surface area (Å²) in [5, 5.41) is 5.94. The van der Waals surface area contributed by atoms with Crippen LogP contribution in [0.25, 0.3) is 10.6 Å². The highest BCUT2D eigenvalue weighted by molar-refractivity contribution is 9.10. The number of likely N-dealkylation sites (N-methyl/N-ethyl adjacent to an activating group) is 1. The molecule has 3 rings (SSSR count). The van der Waals surface area contributed by atoms with Gasteiger partial charge in [-0.05, 0) is 32.1 Å². The highest BCUT2D eigenvalue weighted by Gasteiger charge is 2.13. The second-order valence-electron chi connectivity index (χ2n) is 6.68. The number of carbonyl (C=O) groups excluding carboxylic acids is 1. The number of thiazole rings is 1. The van der Waals surface area contributed by atoms with Crippen LogP contribution in [0.15, 0.2) is 34.1 Å². The molecule has 2 aromatic rings. The average Bonchev–Trinajstić information content (AvgIpc) is 3.09. The van der Waals surface area contributed by atoms with Crippen LogP contribution in [0.3, 0.4) is 0 Å². The molecule has 26 heavy (non-hydrogen) atoms. The van der Waals surface area contributed by atoms with Crippen LogP contribution in [-0.2, 0) is 11.2 Å². The first-order valence-corrected chi connectivity index (χ1v) is 10.7. The molecule has 0 bridgehead atoms. The predicted octanol–water partition coefficient (Wildman–Crippen LogP) is 2.87. The Morgan fingerprint density at radius 2 is 2.12 bits per heavy atom. The molecule has 7 heteroatoms. The van der Waals surface area contributed by atoms with E-state index in [2.05, 4.69) is 43.1 Å². The first-order chi connectivity index (χ1) is 12.6. The number of halogens is 1. The average molecular weight is 437 g/mol. The van der Waals surface area contributed by atoms with Crippen molar-refractivity contribution in [1.82, 2.24) is 20.1 Å². The summed E-state index contributed by atoms with van der Waals surface area (Å²) in [6.45, 7) is 6.31. The Morgan fingerprint density at radius 1 is 1.31 bits per heavy atom. The van der Waals surface area contributed by atoms with Crippen LogP contribution in [0.2, 0.25) is 0 Å². The molecular weight excluding hydrogens is 412 g/mol. The van der Waals surface area contributed by atoms with Crippen LogP contribution < -0.4 is 5.32 Å². The standard InChI is InChI=1S/C19H25BrN4OS/c1-23-8-10-24(11-9-23)7-3-6-21-18(25)13-17-14-26-19(22-17)15-4-2-5-16(20)12-15/h2,4-5,12,14H,3,6-11,13H2,1H3,(H,21,25). The SMILES string of the molecule is CN1CCN(CCCNC(=O)Cc2csc(-c3cccc(Br)c3)n2)CC1. The van der Waals surface area contributed by atoms with Crippen LogP contribution in [0.4, 0.5) is 0 Å². The first kappa shape index (κ1) is 19.5. The molecule has 140 valence electrons. The highest BCUT2D eigenvalue weighted by atomic mass is 79.9. The topological polar surface area (TPSA) is 48.5 Å². The van der Waals surface area contributed by atoms with Crippen LogP contribution in [-0.4, -0.2) is 67.0 Å². The number of nitrogens with zero attached hydrogens (tertiary/aromatic N) is 3. The van der Waals surface area contributed by atoms with Gasteiger partial charge in [0.05, 0.1) is 12.1 Å². The summed E-state index contributed by atoms with van der Waals surface area (Å²) in [7, 11) is 2.16. The molecular formula is C19H25BrN4OS. The third-order valence-corrected chi connectivity index (χ3v) is 5.97. The van der Waals surface area contributed by atoms with Crippen molar-refractivity contribution in [2.75, 3.05) is 46.3 Å².